The molecule has 164 valence electrons. The number of hydrogen-bond donors (Lipinski definition) is 2. The van der Waals surface area contributed by atoms with Gasteiger partial charge >= 0.3 is 6.61 Å². The van der Waals surface area contributed by atoms with Crippen molar-refractivity contribution < 1.29 is 27.5 Å². The van der Waals surface area contributed by atoms with E-state index in [4.69, 9.17) is 0 Å². The summed E-state index contributed by atoms with van der Waals surface area (Å²) in [5.74, 6) is -2.17. The molecule has 1 atom stereocenters. The zero-order valence-corrected chi connectivity index (χ0v) is 16.8. The van der Waals surface area contributed by atoms with Gasteiger partial charge in [-0.1, -0.05) is 36.4 Å². The van der Waals surface area contributed by atoms with Crippen LogP contribution in [0, 0.1) is 5.82 Å². The number of carbonyl (C=O) groups is 2. The second-order valence-electron chi connectivity index (χ2n) is 7.39. The normalized spacial score (nSPS) is 15.1. The highest BCUT2D eigenvalue weighted by atomic mass is 19.3. The van der Waals surface area contributed by atoms with E-state index in [1.165, 1.54) is 30.3 Å². The maximum Gasteiger partial charge on any atom is 0.387 e. The van der Waals surface area contributed by atoms with Crippen LogP contribution in [-0.4, -0.2) is 18.4 Å². The molecule has 0 saturated heterocycles. The first-order valence-corrected chi connectivity index (χ1v) is 9.91. The Kier molecular flexibility index (Phi) is 6.11. The van der Waals surface area contributed by atoms with Gasteiger partial charge in [-0.2, -0.15) is 8.78 Å². The van der Waals surface area contributed by atoms with Crippen LogP contribution < -0.4 is 15.4 Å². The van der Waals surface area contributed by atoms with Gasteiger partial charge in [-0.25, -0.2) is 4.39 Å². The van der Waals surface area contributed by atoms with Gasteiger partial charge in [0.2, 0.25) is 11.8 Å². The summed E-state index contributed by atoms with van der Waals surface area (Å²) in [4.78, 5) is 25.0. The third kappa shape index (κ3) is 4.91. The molecular weight excluding hydrogens is 421 g/mol. The number of ether oxygens (including phenoxy) is 1. The van der Waals surface area contributed by atoms with Crippen molar-refractivity contribution in [1.29, 1.82) is 0 Å². The zero-order valence-electron chi connectivity index (χ0n) is 16.8. The number of anilines is 2. The van der Waals surface area contributed by atoms with Crippen LogP contribution in [0.3, 0.4) is 0 Å². The van der Waals surface area contributed by atoms with Gasteiger partial charge in [0.05, 0.1) is 5.92 Å². The second-order valence-corrected chi connectivity index (χ2v) is 7.39. The van der Waals surface area contributed by atoms with Crippen molar-refractivity contribution in [2.24, 2.45) is 0 Å². The minimum absolute atomic E-state index is 0.0136. The van der Waals surface area contributed by atoms with E-state index in [1.54, 1.807) is 6.07 Å². The summed E-state index contributed by atoms with van der Waals surface area (Å²) >= 11 is 0. The van der Waals surface area contributed by atoms with Crippen molar-refractivity contribution in [2.45, 2.75) is 25.4 Å². The first-order chi connectivity index (χ1) is 15.4. The second kappa shape index (κ2) is 9.13. The average molecular weight is 440 g/mol. The predicted molar refractivity (Wildman–Crippen MR) is 113 cm³/mol. The average Bonchev–Trinajstić information content (AvgIpc) is 2.75. The number of alkyl halides is 2. The number of carbonyl (C=O) groups excluding carboxylic acids is 2. The molecule has 0 spiro atoms. The van der Waals surface area contributed by atoms with E-state index >= 15 is 0 Å². The fraction of sp³-hybridized carbons (Fsp3) is 0.167. The molecule has 1 unspecified atom stereocenters. The van der Waals surface area contributed by atoms with Crippen LogP contribution in [0.1, 0.15) is 29.0 Å². The molecule has 0 bridgehead atoms. The van der Waals surface area contributed by atoms with Crippen molar-refractivity contribution in [3.63, 3.8) is 0 Å². The van der Waals surface area contributed by atoms with Gasteiger partial charge in [-0.15, -0.1) is 0 Å². The quantitative estimate of drug-likeness (QED) is 0.562. The summed E-state index contributed by atoms with van der Waals surface area (Å²) < 4.78 is 43.8. The van der Waals surface area contributed by atoms with Gasteiger partial charge in [-0.05, 0) is 41.5 Å². The van der Waals surface area contributed by atoms with Crippen LogP contribution in [0.5, 0.6) is 5.75 Å². The Bertz CT molecular complexity index is 1150. The molecule has 0 fully saturated rings. The van der Waals surface area contributed by atoms with Gasteiger partial charge in [-0.3, -0.25) is 9.59 Å². The molecule has 1 aliphatic rings. The Morgan fingerprint density at radius 2 is 1.88 bits per heavy atom. The smallest absolute Gasteiger partial charge is 0.387 e. The van der Waals surface area contributed by atoms with E-state index < -0.39 is 30.2 Å². The van der Waals surface area contributed by atoms with E-state index in [-0.39, 0.29) is 17.9 Å². The highest BCUT2D eigenvalue weighted by Gasteiger charge is 2.31. The molecular formula is C24H19F3N2O3. The summed E-state index contributed by atoms with van der Waals surface area (Å²) in [7, 11) is 0. The fourth-order valence-electron chi connectivity index (χ4n) is 3.72. The number of nitrogens with one attached hydrogen (secondary N) is 2. The minimum atomic E-state index is -2.98. The molecule has 1 aliphatic heterocycles. The molecule has 0 aliphatic carbocycles. The molecule has 0 radical (unpaired) electrons. The van der Waals surface area contributed by atoms with E-state index in [2.05, 4.69) is 15.4 Å². The van der Waals surface area contributed by atoms with E-state index in [9.17, 15) is 22.8 Å². The molecule has 3 aromatic carbocycles. The lowest BCUT2D eigenvalue weighted by molar-refractivity contribution is -0.123. The Morgan fingerprint density at radius 3 is 2.62 bits per heavy atom. The lowest BCUT2D eigenvalue weighted by Gasteiger charge is -2.25. The number of fused-ring (bicyclic) bond motifs is 1. The van der Waals surface area contributed by atoms with Crippen LogP contribution in [0.25, 0.3) is 0 Å². The van der Waals surface area contributed by atoms with Gasteiger partial charge in [0, 0.05) is 29.8 Å². The first-order valence-electron chi connectivity index (χ1n) is 9.91. The minimum Gasteiger partial charge on any atom is -0.435 e. The number of rotatable bonds is 6. The van der Waals surface area contributed by atoms with E-state index in [0.717, 1.165) is 5.56 Å². The van der Waals surface area contributed by atoms with Crippen LogP contribution >= 0.6 is 0 Å². The SMILES string of the molecule is O=C1CC(C(=O)Nc2ccc(OC(F)F)c(Cc3ccccc3)c2)c2ccc(F)cc2N1. The van der Waals surface area contributed by atoms with Crippen molar-refractivity contribution in [3.8, 4) is 5.75 Å². The summed E-state index contributed by atoms with van der Waals surface area (Å²) in [6, 6.07) is 17.5. The lowest BCUT2D eigenvalue weighted by Crippen LogP contribution is -2.30. The molecule has 2 N–H and O–H groups in total. The molecule has 0 saturated carbocycles. The van der Waals surface area contributed by atoms with Crippen LogP contribution in [0.2, 0.25) is 0 Å². The number of amides is 2. The number of hydrogen-bond acceptors (Lipinski definition) is 3. The van der Waals surface area contributed by atoms with E-state index in [0.29, 0.717) is 23.2 Å². The standard InChI is InChI=1S/C24H19F3N2O3/c25-16-6-8-18-19(13-22(30)29-20(18)12-16)23(31)28-17-7-9-21(32-24(26)27)15(11-17)10-14-4-2-1-3-5-14/h1-9,11-12,19,24H,10,13H2,(H,28,31)(H,29,30). The topological polar surface area (TPSA) is 67.4 Å². The van der Waals surface area contributed by atoms with Crippen LogP contribution in [0.15, 0.2) is 66.7 Å². The number of benzene rings is 3. The predicted octanol–water partition coefficient (Wildman–Crippen LogP) is 5.08. The summed E-state index contributed by atoms with van der Waals surface area (Å²) in [5.41, 5.74) is 2.49. The molecule has 32 heavy (non-hydrogen) atoms. The molecule has 5 nitrogen and oxygen atoms in total. The first kappa shape index (κ1) is 21.4. The Hall–Kier alpha value is -3.81. The molecule has 3 aromatic rings. The molecule has 4 rings (SSSR count). The highest BCUT2D eigenvalue weighted by Crippen LogP contribution is 2.34. The Morgan fingerprint density at radius 1 is 1.09 bits per heavy atom. The molecule has 8 heteroatoms. The largest absolute Gasteiger partial charge is 0.435 e. The van der Waals surface area contributed by atoms with Crippen LogP contribution in [0.4, 0.5) is 24.5 Å². The van der Waals surface area contributed by atoms with Crippen molar-refractivity contribution in [3.05, 3.63) is 89.2 Å². The third-order valence-electron chi connectivity index (χ3n) is 5.15. The number of halogens is 3. The monoisotopic (exact) mass is 440 g/mol. The van der Waals surface area contributed by atoms with Gasteiger partial charge in [0.25, 0.3) is 0 Å². The van der Waals surface area contributed by atoms with Crippen molar-refractivity contribution in [2.75, 3.05) is 10.6 Å². The third-order valence-corrected chi connectivity index (χ3v) is 5.15. The summed E-state index contributed by atoms with van der Waals surface area (Å²) in [5, 5.41) is 5.30. The molecule has 1 heterocycles. The van der Waals surface area contributed by atoms with Gasteiger partial charge < -0.3 is 15.4 Å². The highest BCUT2D eigenvalue weighted by molar-refractivity contribution is 6.05. The Balaban J connectivity index is 1.59. The Labute approximate surface area is 182 Å². The maximum absolute atomic E-state index is 13.5. The van der Waals surface area contributed by atoms with Crippen molar-refractivity contribution >= 4 is 23.2 Å². The summed E-state index contributed by atoms with van der Waals surface area (Å²) in [6.45, 7) is -2.98. The lowest BCUT2D eigenvalue weighted by atomic mass is 9.89. The summed E-state index contributed by atoms with van der Waals surface area (Å²) in [6.07, 6.45) is 0.231. The fourth-order valence-corrected chi connectivity index (χ4v) is 3.72. The van der Waals surface area contributed by atoms with Crippen LogP contribution in [-0.2, 0) is 16.0 Å². The van der Waals surface area contributed by atoms with Gasteiger partial charge in [0.15, 0.2) is 0 Å². The maximum atomic E-state index is 13.5. The van der Waals surface area contributed by atoms with E-state index in [1.807, 2.05) is 30.3 Å². The van der Waals surface area contributed by atoms with Crippen molar-refractivity contribution in [1.82, 2.24) is 0 Å². The molecule has 0 aromatic heterocycles. The van der Waals surface area contributed by atoms with Gasteiger partial charge in [0.1, 0.15) is 11.6 Å². The molecule has 2 amide bonds. The zero-order chi connectivity index (χ0) is 22.7.